The molecule has 4 nitrogen and oxygen atoms in total. The molecule has 1 N–H and O–H groups in total. The van der Waals surface area contributed by atoms with Crippen molar-refractivity contribution in [3.8, 4) is 0 Å². The molecule has 164 valence electrons. The molecule has 30 heavy (non-hydrogen) atoms. The summed E-state index contributed by atoms with van der Waals surface area (Å²) in [6.07, 6.45) is 6.25. The van der Waals surface area contributed by atoms with Gasteiger partial charge >= 0.3 is 0 Å². The van der Waals surface area contributed by atoms with Gasteiger partial charge in [-0.15, -0.1) is 11.3 Å². The number of nitrogens with zero attached hydrogens (tertiary/aromatic N) is 2. The highest BCUT2D eigenvalue weighted by molar-refractivity contribution is 7.13. The van der Waals surface area contributed by atoms with Gasteiger partial charge in [0, 0.05) is 30.1 Å². The average Bonchev–Trinajstić information content (AvgIpc) is 3.10. The molecule has 1 saturated heterocycles. The number of hydrogen-bond acceptors (Lipinski definition) is 4. The van der Waals surface area contributed by atoms with E-state index in [9.17, 15) is 9.18 Å². The van der Waals surface area contributed by atoms with Crippen molar-refractivity contribution in [1.29, 1.82) is 0 Å². The molecule has 2 aromatic rings. The first-order valence-electron chi connectivity index (χ1n) is 10.9. The van der Waals surface area contributed by atoms with Crippen molar-refractivity contribution in [3.05, 3.63) is 51.7 Å². The van der Waals surface area contributed by atoms with Crippen molar-refractivity contribution < 1.29 is 9.18 Å². The molecular formula is C24H34FN3OS. The second-order valence-electron chi connectivity index (χ2n) is 9.73. The van der Waals surface area contributed by atoms with Crippen LogP contribution >= 0.6 is 11.3 Å². The predicted molar refractivity (Wildman–Crippen MR) is 122 cm³/mol. The SMILES string of the molecule is CCCCN(C(=O)c1cnc(Cc2ccc(F)cc2)s1)C1CC(C)(C)NC(C)(C)C1. The first-order valence-corrected chi connectivity index (χ1v) is 11.7. The van der Waals surface area contributed by atoms with Gasteiger partial charge < -0.3 is 10.2 Å². The summed E-state index contributed by atoms with van der Waals surface area (Å²) in [7, 11) is 0. The maximum Gasteiger partial charge on any atom is 0.265 e. The minimum atomic E-state index is -0.242. The molecule has 0 unspecified atom stereocenters. The van der Waals surface area contributed by atoms with Gasteiger partial charge in [-0.25, -0.2) is 9.37 Å². The Kier molecular flexibility index (Phi) is 6.98. The predicted octanol–water partition coefficient (Wildman–Crippen LogP) is 5.42. The number of benzene rings is 1. The van der Waals surface area contributed by atoms with Crippen LogP contribution in [0.2, 0.25) is 0 Å². The highest BCUT2D eigenvalue weighted by Crippen LogP contribution is 2.33. The number of rotatable bonds is 7. The number of halogens is 1. The van der Waals surface area contributed by atoms with Gasteiger partial charge in [-0.05, 0) is 64.7 Å². The summed E-state index contributed by atoms with van der Waals surface area (Å²) < 4.78 is 13.1. The lowest BCUT2D eigenvalue weighted by Gasteiger charge is -2.49. The third kappa shape index (κ3) is 5.88. The van der Waals surface area contributed by atoms with Crippen molar-refractivity contribution in [2.75, 3.05) is 6.54 Å². The second-order valence-corrected chi connectivity index (χ2v) is 10.8. The van der Waals surface area contributed by atoms with E-state index < -0.39 is 0 Å². The normalized spacial score (nSPS) is 18.3. The fraction of sp³-hybridized carbons (Fsp3) is 0.583. The van der Waals surface area contributed by atoms with E-state index in [1.54, 1.807) is 18.3 Å². The van der Waals surface area contributed by atoms with E-state index >= 15 is 0 Å². The first-order chi connectivity index (χ1) is 14.1. The molecule has 1 aliphatic rings. The van der Waals surface area contributed by atoms with Crippen LogP contribution in [0.15, 0.2) is 30.5 Å². The van der Waals surface area contributed by atoms with E-state index in [1.807, 2.05) is 0 Å². The molecule has 0 spiro atoms. The molecule has 3 rings (SSSR count). The topological polar surface area (TPSA) is 45.2 Å². The Morgan fingerprint density at radius 3 is 2.43 bits per heavy atom. The van der Waals surface area contributed by atoms with E-state index in [1.165, 1.54) is 23.5 Å². The van der Waals surface area contributed by atoms with Crippen molar-refractivity contribution in [2.45, 2.75) is 83.8 Å². The fourth-order valence-corrected chi connectivity index (χ4v) is 5.58. The molecule has 1 aromatic heterocycles. The van der Waals surface area contributed by atoms with Crippen LogP contribution < -0.4 is 5.32 Å². The molecule has 0 radical (unpaired) electrons. The summed E-state index contributed by atoms with van der Waals surface area (Å²) in [6, 6.07) is 6.66. The van der Waals surface area contributed by atoms with E-state index in [0.29, 0.717) is 11.3 Å². The summed E-state index contributed by atoms with van der Waals surface area (Å²) in [6.45, 7) is 11.8. The van der Waals surface area contributed by atoms with Gasteiger partial charge in [0.25, 0.3) is 5.91 Å². The average molecular weight is 432 g/mol. The molecule has 2 heterocycles. The smallest absolute Gasteiger partial charge is 0.265 e. The zero-order valence-electron chi connectivity index (χ0n) is 18.8. The first kappa shape index (κ1) is 22.9. The van der Waals surface area contributed by atoms with Crippen molar-refractivity contribution in [3.63, 3.8) is 0 Å². The standard InChI is InChI=1S/C24H34FN3OS/c1-6-7-12-28(19-14-23(2,3)27-24(4,5)15-19)22(29)20-16-26-21(30-20)13-17-8-10-18(25)11-9-17/h8-11,16,19,27H,6-7,12-15H2,1-5H3. The van der Waals surface area contributed by atoms with Gasteiger partial charge in [0.1, 0.15) is 10.7 Å². The van der Waals surface area contributed by atoms with E-state index in [-0.39, 0.29) is 28.8 Å². The quantitative estimate of drug-likeness (QED) is 0.636. The number of carbonyl (C=O) groups excluding carboxylic acids is 1. The van der Waals surface area contributed by atoms with Crippen molar-refractivity contribution in [2.24, 2.45) is 0 Å². The third-order valence-corrected chi connectivity index (χ3v) is 6.64. The summed E-state index contributed by atoms with van der Waals surface area (Å²) >= 11 is 1.45. The minimum Gasteiger partial charge on any atom is -0.335 e. The lowest BCUT2D eigenvalue weighted by atomic mass is 9.79. The Morgan fingerprint density at radius 1 is 1.20 bits per heavy atom. The number of aromatic nitrogens is 1. The maximum atomic E-state index is 13.5. The minimum absolute atomic E-state index is 0.0153. The third-order valence-electron chi connectivity index (χ3n) is 5.66. The van der Waals surface area contributed by atoms with Crippen LogP contribution in [0.4, 0.5) is 4.39 Å². The molecule has 1 aliphatic heterocycles. The molecule has 1 fully saturated rings. The summed E-state index contributed by atoms with van der Waals surface area (Å²) in [5, 5.41) is 4.59. The lowest BCUT2D eigenvalue weighted by molar-refractivity contribution is 0.0445. The maximum absolute atomic E-state index is 13.5. The van der Waals surface area contributed by atoms with Crippen LogP contribution in [0, 0.1) is 5.82 Å². The molecule has 0 saturated carbocycles. The molecular weight excluding hydrogens is 397 g/mol. The fourth-order valence-electron chi connectivity index (χ4n) is 4.68. The number of carbonyl (C=O) groups is 1. The Balaban J connectivity index is 1.78. The number of thiazole rings is 1. The summed E-state index contributed by atoms with van der Waals surface area (Å²) in [4.78, 5) is 20.8. The number of unbranched alkanes of at least 4 members (excludes halogenated alkanes) is 1. The monoisotopic (exact) mass is 431 g/mol. The van der Waals surface area contributed by atoms with Crippen LogP contribution in [-0.2, 0) is 6.42 Å². The Morgan fingerprint density at radius 2 is 1.83 bits per heavy atom. The van der Waals surface area contributed by atoms with Gasteiger partial charge in [-0.2, -0.15) is 0 Å². The van der Waals surface area contributed by atoms with Crippen molar-refractivity contribution >= 4 is 17.2 Å². The van der Waals surface area contributed by atoms with Crippen LogP contribution in [-0.4, -0.2) is 39.5 Å². The molecule has 1 amide bonds. The largest absolute Gasteiger partial charge is 0.335 e. The molecule has 0 atom stereocenters. The molecule has 0 aliphatic carbocycles. The molecule has 6 heteroatoms. The highest BCUT2D eigenvalue weighted by Gasteiger charge is 2.41. The van der Waals surface area contributed by atoms with E-state index in [4.69, 9.17) is 0 Å². The zero-order chi connectivity index (χ0) is 21.9. The van der Waals surface area contributed by atoms with Gasteiger partial charge in [-0.1, -0.05) is 25.5 Å². The number of nitrogens with one attached hydrogen (secondary N) is 1. The van der Waals surface area contributed by atoms with Gasteiger partial charge in [0.15, 0.2) is 0 Å². The van der Waals surface area contributed by atoms with Crippen LogP contribution in [0.25, 0.3) is 0 Å². The van der Waals surface area contributed by atoms with Crippen LogP contribution in [0.1, 0.15) is 80.5 Å². The lowest BCUT2D eigenvalue weighted by Crippen LogP contribution is -2.62. The Bertz CT molecular complexity index is 844. The number of hydrogen-bond donors (Lipinski definition) is 1. The second kappa shape index (κ2) is 9.15. The summed E-state index contributed by atoms with van der Waals surface area (Å²) in [5.41, 5.74) is 0.964. The van der Waals surface area contributed by atoms with Crippen molar-refractivity contribution in [1.82, 2.24) is 15.2 Å². The summed E-state index contributed by atoms with van der Waals surface area (Å²) in [5.74, 6) is -0.155. The molecule has 0 bridgehead atoms. The van der Waals surface area contributed by atoms with Gasteiger partial charge in [0.05, 0.1) is 11.2 Å². The zero-order valence-corrected chi connectivity index (χ0v) is 19.6. The highest BCUT2D eigenvalue weighted by atomic mass is 32.1. The van der Waals surface area contributed by atoms with Crippen LogP contribution in [0.3, 0.4) is 0 Å². The van der Waals surface area contributed by atoms with E-state index in [0.717, 1.165) is 42.8 Å². The van der Waals surface area contributed by atoms with Crippen LogP contribution in [0.5, 0.6) is 0 Å². The Hall–Kier alpha value is -1.79. The molecule has 1 aromatic carbocycles. The van der Waals surface area contributed by atoms with E-state index in [2.05, 4.69) is 49.8 Å². The Labute approximate surface area is 183 Å². The van der Waals surface area contributed by atoms with Gasteiger partial charge in [-0.3, -0.25) is 4.79 Å². The number of piperidine rings is 1. The van der Waals surface area contributed by atoms with Gasteiger partial charge in [0.2, 0.25) is 0 Å². The number of amides is 1.